The summed E-state index contributed by atoms with van der Waals surface area (Å²) < 4.78 is 0. The Hall–Kier alpha value is -2.67. The summed E-state index contributed by atoms with van der Waals surface area (Å²) in [5.74, 6) is -2.07. The number of aryl methyl sites for hydroxylation is 1. The van der Waals surface area contributed by atoms with Gasteiger partial charge in [0.15, 0.2) is 17.5 Å². The van der Waals surface area contributed by atoms with E-state index in [1.54, 1.807) is 6.92 Å². The van der Waals surface area contributed by atoms with Crippen molar-refractivity contribution in [3.05, 3.63) is 47.7 Å². The van der Waals surface area contributed by atoms with Gasteiger partial charge in [0.2, 0.25) is 0 Å². The number of hydrogen-bond acceptors (Lipinski definition) is 3. The molecule has 116 valence electrons. The quantitative estimate of drug-likeness (QED) is 0.531. The highest BCUT2D eigenvalue weighted by Crippen LogP contribution is 2.28. The Bertz CT molecular complexity index is 839. The second-order valence-electron chi connectivity index (χ2n) is 5.98. The number of nitriles is 1. The minimum Gasteiger partial charge on any atom is -0.358 e. The third kappa shape index (κ3) is 2.70. The Balaban J connectivity index is 1.96. The molecule has 0 saturated carbocycles. The van der Waals surface area contributed by atoms with E-state index in [9.17, 15) is 14.9 Å². The van der Waals surface area contributed by atoms with Gasteiger partial charge in [-0.2, -0.15) is 5.26 Å². The summed E-state index contributed by atoms with van der Waals surface area (Å²) in [5.41, 5.74) is 2.01. The van der Waals surface area contributed by atoms with Crippen molar-refractivity contribution in [1.82, 2.24) is 4.98 Å². The molecule has 1 heterocycles. The first-order chi connectivity index (χ1) is 11.1. The zero-order valence-electron chi connectivity index (χ0n) is 13.0. The summed E-state index contributed by atoms with van der Waals surface area (Å²) in [6.45, 7) is 1.80. The number of ketones is 2. The molecule has 2 unspecified atom stereocenters. The molecule has 1 aromatic heterocycles. The van der Waals surface area contributed by atoms with Gasteiger partial charge in [0.1, 0.15) is 0 Å². The van der Waals surface area contributed by atoms with Crippen molar-refractivity contribution in [3.8, 4) is 6.07 Å². The molecule has 1 aliphatic rings. The highest BCUT2D eigenvalue weighted by Gasteiger charge is 2.34. The summed E-state index contributed by atoms with van der Waals surface area (Å²) in [6.07, 6.45) is 6.17. The van der Waals surface area contributed by atoms with Crippen molar-refractivity contribution in [2.24, 2.45) is 11.8 Å². The summed E-state index contributed by atoms with van der Waals surface area (Å²) in [7, 11) is 0. The number of carbonyl (C=O) groups excluding carboxylic acids is 2. The van der Waals surface area contributed by atoms with Gasteiger partial charge < -0.3 is 4.98 Å². The molecule has 0 aliphatic heterocycles. The Kier molecular flexibility index (Phi) is 4.12. The van der Waals surface area contributed by atoms with E-state index in [2.05, 4.69) is 4.98 Å². The van der Waals surface area contributed by atoms with E-state index in [1.807, 2.05) is 42.5 Å². The van der Waals surface area contributed by atoms with Gasteiger partial charge in [-0.1, -0.05) is 30.4 Å². The summed E-state index contributed by atoms with van der Waals surface area (Å²) >= 11 is 0. The molecule has 0 bridgehead atoms. The molecule has 0 fully saturated rings. The largest absolute Gasteiger partial charge is 0.358 e. The van der Waals surface area contributed by atoms with E-state index in [0.29, 0.717) is 24.1 Å². The molecule has 23 heavy (non-hydrogen) atoms. The predicted molar refractivity (Wildman–Crippen MR) is 88.0 cm³/mol. The molecular formula is C19H18N2O2. The van der Waals surface area contributed by atoms with Crippen LogP contribution in [0, 0.1) is 30.1 Å². The van der Waals surface area contributed by atoms with E-state index >= 15 is 0 Å². The minimum atomic E-state index is -1.22. The third-order valence-corrected chi connectivity index (χ3v) is 4.49. The van der Waals surface area contributed by atoms with E-state index in [-0.39, 0.29) is 17.5 Å². The first-order valence-corrected chi connectivity index (χ1v) is 7.83. The molecule has 2 aromatic rings. The number of Topliss-reactive ketones (excluding diaryl/α,β-unsaturated/α-hetero) is 2. The second-order valence-corrected chi connectivity index (χ2v) is 5.98. The maximum absolute atomic E-state index is 12.9. The number of fused-ring (bicyclic) bond motifs is 1. The molecule has 1 N–H and O–H groups in total. The number of rotatable bonds is 4. The first-order valence-electron chi connectivity index (χ1n) is 7.83. The number of nitrogens with zero attached hydrogens (tertiary/aromatic N) is 1. The number of benzene rings is 1. The molecule has 2 atom stereocenters. The van der Waals surface area contributed by atoms with E-state index in [1.165, 1.54) is 0 Å². The van der Waals surface area contributed by atoms with Crippen LogP contribution in [0.4, 0.5) is 0 Å². The fraction of sp³-hybridized carbons (Fsp3) is 0.316. The Morgan fingerprint density at radius 2 is 2.09 bits per heavy atom. The third-order valence-electron chi connectivity index (χ3n) is 4.49. The molecular weight excluding hydrogens is 288 g/mol. The minimum absolute atomic E-state index is 0.223. The van der Waals surface area contributed by atoms with Crippen LogP contribution in [-0.2, 0) is 4.79 Å². The zero-order valence-corrected chi connectivity index (χ0v) is 13.0. The maximum Gasteiger partial charge on any atom is 0.189 e. The van der Waals surface area contributed by atoms with Crippen molar-refractivity contribution in [2.75, 3.05) is 0 Å². The van der Waals surface area contributed by atoms with Crippen LogP contribution in [0.3, 0.4) is 0 Å². The fourth-order valence-corrected chi connectivity index (χ4v) is 3.28. The monoisotopic (exact) mass is 306 g/mol. The number of aromatic nitrogens is 1. The highest BCUT2D eigenvalue weighted by atomic mass is 16.2. The number of para-hydroxylation sites is 1. The number of aromatic amines is 1. The number of carbonyl (C=O) groups is 2. The Morgan fingerprint density at radius 3 is 2.78 bits per heavy atom. The van der Waals surface area contributed by atoms with Gasteiger partial charge in [0, 0.05) is 28.1 Å². The van der Waals surface area contributed by atoms with Crippen LogP contribution in [-0.4, -0.2) is 16.6 Å². The standard InChI is InChI=1S/C19H18N2O2/c1-12-17(14-9-5-6-10-16(14)21-12)19(23)15(11-20)18(22)13-7-3-2-4-8-13/h2-3,5-6,9-10,13,15,21H,4,7-8H2,1H3. The van der Waals surface area contributed by atoms with Crippen molar-refractivity contribution in [1.29, 1.82) is 5.26 Å². The van der Waals surface area contributed by atoms with Gasteiger partial charge in [-0.15, -0.1) is 0 Å². The van der Waals surface area contributed by atoms with Crippen LogP contribution >= 0.6 is 0 Å². The van der Waals surface area contributed by atoms with E-state index in [4.69, 9.17) is 0 Å². The van der Waals surface area contributed by atoms with Crippen LogP contribution in [0.15, 0.2) is 36.4 Å². The molecule has 4 nitrogen and oxygen atoms in total. The van der Waals surface area contributed by atoms with Crippen LogP contribution in [0.5, 0.6) is 0 Å². The van der Waals surface area contributed by atoms with Crippen molar-refractivity contribution >= 4 is 22.5 Å². The molecule has 4 heteroatoms. The topological polar surface area (TPSA) is 73.7 Å². The van der Waals surface area contributed by atoms with Gasteiger partial charge in [0.25, 0.3) is 0 Å². The normalized spacial score (nSPS) is 18.5. The second kappa shape index (κ2) is 6.21. The number of nitrogens with one attached hydrogen (secondary N) is 1. The van der Waals surface area contributed by atoms with Gasteiger partial charge >= 0.3 is 0 Å². The Labute approximate surface area is 134 Å². The van der Waals surface area contributed by atoms with Crippen LogP contribution in [0.1, 0.15) is 35.3 Å². The number of allylic oxidation sites excluding steroid dienone is 2. The Morgan fingerprint density at radius 1 is 1.30 bits per heavy atom. The van der Waals surface area contributed by atoms with Crippen molar-refractivity contribution in [2.45, 2.75) is 26.2 Å². The lowest BCUT2D eigenvalue weighted by Crippen LogP contribution is -2.29. The zero-order chi connectivity index (χ0) is 16.4. The first kappa shape index (κ1) is 15.2. The lowest BCUT2D eigenvalue weighted by Gasteiger charge is -2.18. The lowest BCUT2D eigenvalue weighted by atomic mass is 9.82. The fourth-order valence-electron chi connectivity index (χ4n) is 3.28. The van der Waals surface area contributed by atoms with Crippen LogP contribution in [0.2, 0.25) is 0 Å². The average molecular weight is 306 g/mol. The summed E-state index contributed by atoms with van der Waals surface area (Å²) in [5, 5.41) is 10.2. The number of hydrogen-bond donors (Lipinski definition) is 1. The van der Waals surface area contributed by atoms with Crippen LogP contribution in [0.25, 0.3) is 10.9 Å². The SMILES string of the molecule is Cc1[nH]c2ccccc2c1C(=O)C(C#N)C(=O)C1CC=CCC1. The highest BCUT2D eigenvalue weighted by molar-refractivity contribution is 6.19. The molecule has 1 aromatic carbocycles. The van der Waals surface area contributed by atoms with Gasteiger partial charge in [0.05, 0.1) is 6.07 Å². The van der Waals surface area contributed by atoms with Gasteiger partial charge in [-0.3, -0.25) is 9.59 Å². The molecule has 0 radical (unpaired) electrons. The molecule has 0 spiro atoms. The maximum atomic E-state index is 12.9. The predicted octanol–water partition coefficient (Wildman–Crippen LogP) is 3.72. The van der Waals surface area contributed by atoms with Crippen molar-refractivity contribution < 1.29 is 9.59 Å². The van der Waals surface area contributed by atoms with Crippen LogP contribution < -0.4 is 0 Å². The van der Waals surface area contributed by atoms with E-state index in [0.717, 1.165) is 17.3 Å². The molecule has 0 amide bonds. The summed E-state index contributed by atoms with van der Waals surface area (Å²) in [6, 6.07) is 9.40. The summed E-state index contributed by atoms with van der Waals surface area (Å²) in [4.78, 5) is 28.7. The van der Waals surface area contributed by atoms with Crippen molar-refractivity contribution in [3.63, 3.8) is 0 Å². The van der Waals surface area contributed by atoms with Gasteiger partial charge in [-0.05, 0) is 32.3 Å². The van der Waals surface area contributed by atoms with Gasteiger partial charge in [-0.25, -0.2) is 0 Å². The molecule has 0 saturated heterocycles. The molecule has 1 aliphatic carbocycles. The van der Waals surface area contributed by atoms with E-state index < -0.39 is 5.92 Å². The smallest absolute Gasteiger partial charge is 0.189 e. The average Bonchev–Trinajstić information content (AvgIpc) is 2.91. The number of H-pyrrole nitrogens is 1. The lowest BCUT2D eigenvalue weighted by molar-refractivity contribution is -0.124. The molecule has 3 rings (SSSR count).